The van der Waals surface area contributed by atoms with E-state index in [1.54, 1.807) is 0 Å². The summed E-state index contributed by atoms with van der Waals surface area (Å²) in [6, 6.07) is 8.69. The van der Waals surface area contributed by atoms with Crippen molar-refractivity contribution in [1.29, 1.82) is 0 Å². The first-order valence-corrected chi connectivity index (χ1v) is 10.1. The van der Waals surface area contributed by atoms with Gasteiger partial charge in [0.05, 0.1) is 12.7 Å². The van der Waals surface area contributed by atoms with Crippen molar-refractivity contribution in [1.82, 2.24) is 10.6 Å². The van der Waals surface area contributed by atoms with Crippen molar-refractivity contribution in [3.63, 3.8) is 0 Å². The molecule has 3 unspecified atom stereocenters. The molecule has 1 aromatic carbocycles. The van der Waals surface area contributed by atoms with Crippen LogP contribution in [0.5, 0.6) is 5.75 Å². The van der Waals surface area contributed by atoms with Crippen LogP contribution in [-0.2, 0) is 11.3 Å². The van der Waals surface area contributed by atoms with E-state index in [9.17, 15) is 0 Å². The van der Waals surface area contributed by atoms with Crippen LogP contribution in [0.25, 0.3) is 0 Å². The summed E-state index contributed by atoms with van der Waals surface area (Å²) in [4.78, 5) is 4.48. The molecule has 4 rings (SSSR count). The Hall–Kier alpha value is -1.02. The van der Waals surface area contributed by atoms with Gasteiger partial charge in [0.2, 0.25) is 0 Å². The van der Waals surface area contributed by atoms with E-state index in [0.29, 0.717) is 36.6 Å². The second kappa shape index (κ2) is 8.99. The summed E-state index contributed by atoms with van der Waals surface area (Å²) in [7, 11) is 1.85. The van der Waals surface area contributed by atoms with E-state index in [4.69, 9.17) is 9.47 Å². The Bertz CT molecular complexity index is 661. The van der Waals surface area contributed by atoms with E-state index in [1.165, 1.54) is 32.1 Å². The summed E-state index contributed by atoms with van der Waals surface area (Å²) in [6.45, 7) is 4.32. The minimum absolute atomic E-state index is 0. The van der Waals surface area contributed by atoms with Crippen LogP contribution in [0.2, 0.25) is 0 Å². The number of hydrogen-bond donors (Lipinski definition) is 2. The molecule has 1 saturated heterocycles. The lowest BCUT2D eigenvalue weighted by Crippen LogP contribution is -2.69. The van der Waals surface area contributed by atoms with E-state index in [-0.39, 0.29) is 24.0 Å². The number of rotatable bonds is 5. The molecule has 3 aliphatic rings. The molecule has 1 heterocycles. The Morgan fingerprint density at radius 1 is 1.30 bits per heavy atom. The molecular formula is C21H32IN3O2. The van der Waals surface area contributed by atoms with Crippen LogP contribution in [0, 0.1) is 11.3 Å². The van der Waals surface area contributed by atoms with Crippen molar-refractivity contribution >= 4 is 29.9 Å². The quantitative estimate of drug-likeness (QED) is 0.380. The molecule has 0 bridgehead atoms. The summed E-state index contributed by atoms with van der Waals surface area (Å²) in [5, 5.41) is 7.24. The zero-order valence-electron chi connectivity index (χ0n) is 16.4. The van der Waals surface area contributed by atoms with Crippen LogP contribution >= 0.6 is 24.0 Å². The van der Waals surface area contributed by atoms with Crippen molar-refractivity contribution in [2.24, 2.45) is 16.3 Å². The summed E-state index contributed by atoms with van der Waals surface area (Å²) >= 11 is 0. The fourth-order valence-corrected chi connectivity index (χ4v) is 5.37. The van der Waals surface area contributed by atoms with E-state index in [0.717, 1.165) is 23.9 Å². The maximum absolute atomic E-state index is 6.09. The van der Waals surface area contributed by atoms with Crippen LogP contribution in [0.3, 0.4) is 0 Å². The number of nitrogens with one attached hydrogen (secondary N) is 2. The van der Waals surface area contributed by atoms with Gasteiger partial charge in [0.1, 0.15) is 5.75 Å². The molecule has 5 nitrogen and oxygen atoms in total. The van der Waals surface area contributed by atoms with E-state index >= 15 is 0 Å². The van der Waals surface area contributed by atoms with Crippen LogP contribution in [-0.4, -0.2) is 38.4 Å². The molecule has 2 aliphatic carbocycles. The number of guanidine groups is 1. The van der Waals surface area contributed by atoms with Gasteiger partial charge in [-0.05, 0) is 32.3 Å². The molecule has 1 spiro atoms. The first-order valence-electron chi connectivity index (χ1n) is 10.1. The Morgan fingerprint density at radius 3 is 2.81 bits per heavy atom. The molecular weight excluding hydrogens is 453 g/mol. The number of ether oxygens (including phenoxy) is 2. The van der Waals surface area contributed by atoms with Crippen LogP contribution in [0.15, 0.2) is 29.3 Å². The highest BCUT2D eigenvalue weighted by Gasteiger charge is 2.65. The lowest BCUT2D eigenvalue weighted by molar-refractivity contribution is -0.125. The Balaban J connectivity index is 0.00000210. The smallest absolute Gasteiger partial charge is 0.191 e. The van der Waals surface area contributed by atoms with Crippen molar-refractivity contribution < 1.29 is 9.47 Å². The lowest BCUT2D eigenvalue weighted by Gasteiger charge is -2.57. The second-order valence-corrected chi connectivity index (χ2v) is 7.77. The van der Waals surface area contributed by atoms with E-state index in [1.807, 2.05) is 26.1 Å². The van der Waals surface area contributed by atoms with Crippen molar-refractivity contribution in [3.05, 3.63) is 29.8 Å². The monoisotopic (exact) mass is 485 g/mol. The molecule has 1 aromatic rings. The van der Waals surface area contributed by atoms with Gasteiger partial charge in [0.25, 0.3) is 0 Å². The normalized spacial score (nSPS) is 28.2. The third-order valence-electron chi connectivity index (χ3n) is 6.52. The number of fused-ring (bicyclic) bond motifs is 2. The average molecular weight is 485 g/mol. The van der Waals surface area contributed by atoms with Crippen LogP contribution in [0.1, 0.15) is 44.6 Å². The second-order valence-electron chi connectivity index (χ2n) is 7.77. The molecule has 1 aliphatic heterocycles. The number of halogens is 1. The summed E-state index contributed by atoms with van der Waals surface area (Å²) in [5.74, 6) is 2.47. The number of nitrogens with zero attached hydrogens (tertiary/aromatic N) is 1. The topological polar surface area (TPSA) is 54.9 Å². The van der Waals surface area contributed by atoms with E-state index < -0.39 is 0 Å². The molecule has 0 amide bonds. The van der Waals surface area contributed by atoms with Gasteiger partial charge in [-0.1, -0.05) is 31.0 Å². The summed E-state index contributed by atoms with van der Waals surface area (Å²) in [5.41, 5.74) is 1.49. The summed E-state index contributed by atoms with van der Waals surface area (Å²) in [6.07, 6.45) is 6.89. The summed E-state index contributed by atoms with van der Waals surface area (Å²) < 4.78 is 11.8. The maximum atomic E-state index is 6.09. The van der Waals surface area contributed by atoms with Gasteiger partial charge >= 0.3 is 0 Å². The maximum Gasteiger partial charge on any atom is 0.191 e. The molecule has 6 heteroatoms. The zero-order chi connectivity index (χ0) is 18.0. The third-order valence-corrected chi connectivity index (χ3v) is 6.52. The van der Waals surface area contributed by atoms with Gasteiger partial charge in [-0.2, -0.15) is 0 Å². The predicted molar refractivity (Wildman–Crippen MR) is 119 cm³/mol. The molecule has 0 aromatic heterocycles. The molecule has 2 N–H and O–H groups in total. The average Bonchev–Trinajstić information content (AvgIpc) is 3.32. The SMILES string of the molecule is CCOc1ccccc1CNC(=NC)NC1C2CCOC2C12CCCC2.I. The van der Waals surface area contributed by atoms with Crippen LogP contribution < -0.4 is 15.4 Å². The highest BCUT2D eigenvalue weighted by molar-refractivity contribution is 14.0. The molecule has 3 atom stereocenters. The highest BCUT2D eigenvalue weighted by atomic mass is 127. The largest absolute Gasteiger partial charge is 0.494 e. The van der Waals surface area contributed by atoms with Gasteiger partial charge in [-0.3, -0.25) is 4.99 Å². The number of aliphatic imine (C=N–C) groups is 1. The third kappa shape index (κ3) is 3.79. The molecule has 2 saturated carbocycles. The predicted octanol–water partition coefficient (Wildman–Crippen LogP) is 3.72. The fourth-order valence-electron chi connectivity index (χ4n) is 5.37. The zero-order valence-corrected chi connectivity index (χ0v) is 18.7. The van der Waals surface area contributed by atoms with Gasteiger partial charge in [-0.15, -0.1) is 24.0 Å². The number of benzene rings is 1. The molecule has 27 heavy (non-hydrogen) atoms. The van der Waals surface area contributed by atoms with Crippen molar-refractivity contribution in [2.75, 3.05) is 20.3 Å². The van der Waals surface area contributed by atoms with E-state index in [2.05, 4.69) is 27.8 Å². The van der Waals surface area contributed by atoms with Gasteiger partial charge in [0.15, 0.2) is 5.96 Å². The number of para-hydroxylation sites is 1. The Morgan fingerprint density at radius 2 is 2.07 bits per heavy atom. The minimum atomic E-state index is 0. The van der Waals surface area contributed by atoms with Crippen molar-refractivity contribution in [2.45, 2.75) is 57.7 Å². The van der Waals surface area contributed by atoms with Crippen LogP contribution in [0.4, 0.5) is 0 Å². The van der Waals surface area contributed by atoms with Gasteiger partial charge in [-0.25, -0.2) is 0 Å². The molecule has 150 valence electrons. The van der Waals surface area contributed by atoms with Gasteiger partial charge in [0, 0.05) is 43.1 Å². The first-order chi connectivity index (χ1) is 12.8. The van der Waals surface area contributed by atoms with Gasteiger partial charge < -0.3 is 20.1 Å². The standard InChI is InChI=1S/C21H31N3O2.HI/c1-3-25-17-9-5-4-8-15(17)14-23-20(22-2)24-18-16-10-13-26-19(16)21(18)11-6-7-12-21;/h4-5,8-9,16,18-19H,3,6-7,10-14H2,1-2H3,(H2,22,23,24);1H. The minimum Gasteiger partial charge on any atom is -0.494 e. The molecule has 3 fully saturated rings. The molecule has 0 radical (unpaired) electrons. The highest BCUT2D eigenvalue weighted by Crippen LogP contribution is 2.60. The Labute approximate surface area is 179 Å². The number of hydrogen-bond acceptors (Lipinski definition) is 3. The van der Waals surface area contributed by atoms with Crippen molar-refractivity contribution in [3.8, 4) is 5.75 Å². The fraction of sp³-hybridized carbons (Fsp3) is 0.667. The Kier molecular flexibility index (Phi) is 6.89. The lowest BCUT2D eigenvalue weighted by atomic mass is 9.54. The first kappa shape index (κ1) is 20.7.